The van der Waals surface area contributed by atoms with E-state index in [1.165, 1.54) is 0 Å². The van der Waals surface area contributed by atoms with Crippen molar-refractivity contribution >= 4 is 0 Å². The van der Waals surface area contributed by atoms with Crippen LogP contribution in [0.25, 0.3) is 0 Å². The monoisotopic (exact) mass is 305 g/mol. The molecule has 0 aliphatic heterocycles. The van der Waals surface area contributed by atoms with Gasteiger partial charge < -0.3 is 14.2 Å². The highest BCUT2D eigenvalue weighted by molar-refractivity contribution is 5.26. The van der Waals surface area contributed by atoms with Crippen LogP contribution in [0.2, 0.25) is 0 Å². The van der Waals surface area contributed by atoms with E-state index in [1.807, 2.05) is 91.0 Å². The molecule has 0 unspecified atom stereocenters. The summed E-state index contributed by atoms with van der Waals surface area (Å²) in [6, 6.07) is 27.9. The van der Waals surface area contributed by atoms with E-state index in [1.54, 1.807) is 0 Å². The van der Waals surface area contributed by atoms with Gasteiger partial charge in [0, 0.05) is 0 Å². The first kappa shape index (κ1) is 15.0. The molecule has 115 valence electrons. The number of ether oxygens (including phenoxy) is 3. The van der Waals surface area contributed by atoms with Crippen molar-refractivity contribution in [2.24, 2.45) is 0 Å². The summed E-state index contributed by atoms with van der Waals surface area (Å²) in [6.07, 6.45) is 0. The van der Waals surface area contributed by atoms with Crippen molar-refractivity contribution in [2.45, 2.75) is 5.97 Å². The van der Waals surface area contributed by atoms with Gasteiger partial charge in [-0.15, -0.1) is 0 Å². The van der Waals surface area contributed by atoms with Gasteiger partial charge in [-0.05, 0) is 36.4 Å². The van der Waals surface area contributed by atoms with E-state index in [0.29, 0.717) is 17.2 Å². The smallest absolute Gasteiger partial charge is 0.417 e. The molecule has 0 aliphatic carbocycles. The van der Waals surface area contributed by atoms with Crippen molar-refractivity contribution in [3.05, 3.63) is 97.9 Å². The Morgan fingerprint density at radius 3 is 1.00 bits per heavy atom. The quantitative estimate of drug-likeness (QED) is 0.617. The van der Waals surface area contributed by atoms with Crippen molar-refractivity contribution in [3.63, 3.8) is 0 Å². The van der Waals surface area contributed by atoms with Crippen LogP contribution in [-0.2, 0) is 0 Å². The van der Waals surface area contributed by atoms with Crippen LogP contribution in [0.3, 0.4) is 0 Å². The molecule has 0 bridgehead atoms. The molecule has 0 fully saturated rings. The van der Waals surface area contributed by atoms with Crippen LogP contribution >= 0.6 is 0 Å². The van der Waals surface area contributed by atoms with Crippen LogP contribution in [0, 0.1) is 6.92 Å². The second-order valence-corrected chi connectivity index (χ2v) is 4.93. The first-order chi connectivity index (χ1) is 11.2. The molecule has 3 rings (SSSR count). The summed E-state index contributed by atoms with van der Waals surface area (Å²) in [4.78, 5) is 0. The first-order valence-electron chi connectivity index (χ1n) is 7.31. The standard InChI is InChI=1S/C20H17O3/c1-20(21-17-11-5-2-6-12-17,22-18-13-7-3-8-14-18)23-19-15-9-4-10-16-19/h2-16H,1H2. The van der Waals surface area contributed by atoms with Crippen molar-refractivity contribution in [2.75, 3.05) is 0 Å². The van der Waals surface area contributed by atoms with Crippen LogP contribution < -0.4 is 14.2 Å². The van der Waals surface area contributed by atoms with Crippen LogP contribution in [0.1, 0.15) is 0 Å². The molecular formula is C20H17O3. The Kier molecular flexibility index (Phi) is 4.48. The number of hydrogen-bond donors (Lipinski definition) is 0. The van der Waals surface area contributed by atoms with E-state index in [-0.39, 0.29) is 0 Å². The molecule has 3 heteroatoms. The fourth-order valence-electron chi connectivity index (χ4n) is 2.07. The topological polar surface area (TPSA) is 27.7 Å². The summed E-state index contributed by atoms with van der Waals surface area (Å²) in [7, 11) is 0. The lowest BCUT2D eigenvalue weighted by Gasteiger charge is -2.30. The summed E-state index contributed by atoms with van der Waals surface area (Å²) in [5, 5.41) is 0. The lowest BCUT2D eigenvalue weighted by atomic mass is 10.3. The van der Waals surface area contributed by atoms with E-state index >= 15 is 0 Å². The normalized spacial score (nSPS) is 10.8. The molecule has 0 spiro atoms. The van der Waals surface area contributed by atoms with E-state index in [9.17, 15) is 0 Å². The predicted molar refractivity (Wildman–Crippen MR) is 89.3 cm³/mol. The van der Waals surface area contributed by atoms with Gasteiger partial charge in [-0.1, -0.05) is 54.6 Å². The molecular weight excluding hydrogens is 288 g/mol. The maximum absolute atomic E-state index is 5.85. The molecule has 0 saturated heterocycles. The average Bonchev–Trinajstić information content (AvgIpc) is 2.57. The van der Waals surface area contributed by atoms with Gasteiger partial charge in [0.1, 0.15) is 17.2 Å². The van der Waals surface area contributed by atoms with Crippen LogP contribution in [-0.4, -0.2) is 5.97 Å². The first-order valence-corrected chi connectivity index (χ1v) is 7.31. The number of hydrogen-bond acceptors (Lipinski definition) is 3. The lowest BCUT2D eigenvalue weighted by molar-refractivity contribution is -0.216. The molecule has 0 atom stereocenters. The van der Waals surface area contributed by atoms with Crippen molar-refractivity contribution in [1.82, 2.24) is 0 Å². The Hall–Kier alpha value is -2.94. The fourth-order valence-corrected chi connectivity index (χ4v) is 2.07. The van der Waals surface area contributed by atoms with Crippen LogP contribution in [0.4, 0.5) is 0 Å². The van der Waals surface area contributed by atoms with E-state index in [4.69, 9.17) is 14.2 Å². The van der Waals surface area contributed by atoms with Crippen LogP contribution in [0.5, 0.6) is 17.2 Å². The van der Waals surface area contributed by atoms with Gasteiger partial charge in [0.25, 0.3) is 0 Å². The molecule has 0 N–H and O–H groups in total. The van der Waals surface area contributed by atoms with Gasteiger partial charge in [0.05, 0.1) is 6.92 Å². The van der Waals surface area contributed by atoms with Crippen molar-refractivity contribution in [1.29, 1.82) is 0 Å². The Labute approximate surface area is 136 Å². The third-order valence-corrected chi connectivity index (χ3v) is 3.05. The minimum atomic E-state index is -1.54. The molecule has 0 aliphatic rings. The largest absolute Gasteiger partial charge is 0.421 e. The van der Waals surface area contributed by atoms with E-state index in [2.05, 4.69) is 6.92 Å². The molecule has 0 amide bonds. The minimum absolute atomic E-state index is 0.606. The predicted octanol–water partition coefficient (Wildman–Crippen LogP) is 4.71. The molecule has 3 nitrogen and oxygen atoms in total. The molecule has 23 heavy (non-hydrogen) atoms. The molecule has 3 aromatic carbocycles. The number of benzene rings is 3. The fraction of sp³-hybridized carbons (Fsp3) is 0.0500. The molecule has 0 aromatic heterocycles. The SMILES string of the molecule is [CH2]C(Oc1ccccc1)(Oc1ccccc1)Oc1ccccc1. The molecule has 0 heterocycles. The minimum Gasteiger partial charge on any atom is -0.421 e. The highest BCUT2D eigenvalue weighted by Gasteiger charge is 2.32. The molecule has 3 aromatic rings. The number of rotatable bonds is 6. The van der Waals surface area contributed by atoms with Gasteiger partial charge in [-0.3, -0.25) is 0 Å². The Morgan fingerprint density at radius 1 is 0.478 bits per heavy atom. The third kappa shape index (κ3) is 4.27. The second-order valence-electron chi connectivity index (χ2n) is 4.93. The zero-order valence-corrected chi connectivity index (χ0v) is 12.6. The third-order valence-electron chi connectivity index (χ3n) is 3.05. The Morgan fingerprint density at radius 2 is 0.739 bits per heavy atom. The summed E-state index contributed by atoms with van der Waals surface area (Å²) in [5.41, 5.74) is 0. The van der Waals surface area contributed by atoms with Crippen molar-refractivity contribution < 1.29 is 14.2 Å². The maximum atomic E-state index is 5.85. The average molecular weight is 305 g/mol. The number of para-hydroxylation sites is 3. The van der Waals surface area contributed by atoms with Gasteiger partial charge >= 0.3 is 5.97 Å². The summed E-state index contributed by atoms with van der Waals surface area (Å²) in [5.74, 6) is 0.280. The molecule has 1 radical (unpaired) electrons. The van der Waals surface area contributed by atoms with E-state index < -0.39 is 5.97 Å². The van der Waals surface area contributed by atoms with E-state index in [0.717, 1.165) is 0 Å². The van der Waals surface area contributed by atoms with Gasteiger partial charge in [0.15, 0.2) is 0 Å². The Bertz CT molecular complexity index is 610. The van der Waals surface area contributed by atoms with Gasteiger partial charge in [0.2, 0.25) is 0 Å². The molecule has 0 saturated carbocycles. The summed E-state index contributed by atoms with van der Waals surface area (Å²) >= 11 is 0. The lowest BCUT2D eigenvalue weighted by Crippen LogP contribution is -2.45. The van der Waals surface area contributed by atoms with Crippen molar-refractivity contribution in [3.8, 4) is 17.2 Å². The second kappa shape index (κ2) is 6.88. The van der Waals surface area contributed by atoms with Gasteiger partial charge in [-0.2, -0.15) is 0 Å². The highest BCUT2D eigenvalue weighted by atomic mass is 16.9. The highest BCUT2D eigenvalue weighted by Crippen LogP contribution is 2.25. The van der Waals surface area contributed by atoms with Crippen LogP contribution in [0.15, 0.2) is 91.0 Å². The zero-order valence-electron chi connectivity index (χ0n) is 12.6. The summed E-state index contributed by atoms with van der Waals surface area (Å²) in [6.45, 7) is 3.99. The van der Waals surface area contributed by atoms with Gasteiger partial charge in [-0.25, -0.2) is 0 Å². The zero-order chi connectivity index (χ0) is 16.0. The summed E-state index contributed by atoms with van der Waals surface area (Å²) < 4.78 is 17.6. The Balaban J connectivity index is 1.85. The maximum Gasteiger partial charge on any atom is 0.417 e.